The minimum atomic E-state index is -0.869. The van der Waals surface area contributed by atoms with Crippen LogP contribution in [-0.2, 0) is 16.0 Å². The van der Waals surface area contributed by atoms with Gasteiger partial charge in [-0.2, -0.15) is 0 Å². The summed E-state index contributed by atoms with van der Waals surface area (Å²) in [5, 5.41) is 2.53. The van der Waals surface area contributed by atoms with Crippen molar-refractivity contribution in [1.29, 1.82) is 0 Å². The van der Waals surface area contributed by atoms with Gasteiger partial charge in [-0.15, -0.1) is 0 Å². The summed E-state index contributed by atoms with van der Waals surface area (Å²) in [4.78, 5) is 32.8. The molecular weight excluding hydrogens is 346 g/mol. The smallest absolute Gasteiger partial charge is 0.328 e. The summed E-state index contributed by atoms with van der Waals surface area (Å²) in [5.74, 6) is -2.08. The van der Waals surface area contributed by atoms with E-state index in [9.17, 15) is 18.4 Å². The number of ether oxygens (including phenoxy) is 1. The fraction of sp³-hybridized carbons (Fsp3) is 0.353. The van der Waals surface area contributed by atoms with Crippen LogP contribution >= 0.6 is 0 Å². The van der Waals surface area contributed by atoms with E-state index in [4.69, 9.17) is 0 Å². The molecule has 0 radical (unpaired) electrons. The first-order valence-electron chi connectivity index (χ1n) is 8.04. The zero-order valence-corrected chi connectivity index (χ0v) is 14.3. The van der Waals surface area contributed by atoms with Crippen molar-refractivity contribution < 1.29 is 23.1 Å². The molecule has 7 nitrogen and oxygen atoms in total. The van der Waals surface area contributed by atoms with Gasteiger partial charge in [0.15, 0.2) is 0 Å². The minimum Gasteiger partial charge on any atom is -0.467 e. The lowest BCUT2D eigenvalue weighted by atomic mass is 9.95. The van der Waals surface area contributed by atoms with Crippen molar-refractivity contribution in [2.24, 2.45) is 0 Å². The number of nitrogens with zero attached hydrogens (tertiary/aromatic N) is 2. The largest absolute Gasteiger partial charge is 0.467 e. The average molecular weight is 364 g/mol. The van der Waals surface area contributed by atoms with Crippen LogP contribution in [0.5, 0.6) is 0 Å². The number of carbonyl (C=O) groups is 2. The SMILES string of the molecule is COC(=O)[C@H](C)NC(=O)N1CCc2[nH]cnc2[C@H]1c1ccc(F)cc1F. The molecule has 1 aliphatic heterocycles. The number of imidazole rings is 1. The number of rotatable bonds is 3. The number of hydrogen-bond donors (Lipinski definition) is 2. The lowest BCUT2D eigenvalue weighted by molar-refractivity contribution is -0.142. The highest BCUT2D eigenvalue weighted by Crippen LogP contribution is 2.34. The van der Waals surface area contributed by atoms with E-state index in [1.807, 2.05) is 0 Å². The number of carbonyl (C=O) groups excluding carboxylic acids is 2. The van der Waals surface area contributed by atoms with Crippen LogP contribution in [0.3, 0.4) is 0 Å². The first kappa shape index (κ1) is 17.8. The first-order valence-corrected chi connectivity index (χ1v) is 8.04. The van der Waals surface area contributed by atoms with E-state index in [2.05, 4.69) is 20.0 Å². The van der Waals surface area contributed by atoms with Gasteiger partial charge in [-0.1, -0.05) is 6.07 Å². The average Bonchev–Trinajstić information content (AvgIpc) is 3.09. The number of methoxy groups -OCH3 is 1. The number of aromatic nitrogens is 2. The zero-order valence-electron chi connectivity index (χ0n) is 14.3. The van der Waals surface area contributed by atoms with Gasteiger partial charge >= 0.3 is 12.0 Å². The van der Waals surface area contributed by atoms with Gasteiger partial charge in [0.05, 0.1) is 19.1 Å². The van der Waals surface area contributed by atoms with Gasteiger partial charge < -0.3 is 19.9 Å². The molecular formula is C17H18F2N4O3. The lowest BCUT2D eigenvalue weighted by Crippen LogP contribution is -2.50. The van der Waals surface area contributed by atoms with Gasteiger partial charge in [0.25, 0.3) is 0 Å². The standard InChI is InChI=1S/C17H18F2N4O3/c1-9(16(24)26-2)22-17(25)23-6-5-13-14(21-8-20-13)15(23)11-4-3-10(18)7-12(11)19/h3-4,7-9,15H,5-6H2,1-2H3,(H,20,21)(H,22,25)/t9-,15+/m0/s1. The van der Waals surface area contributed by atoms with Crippen LogP contribution in [0.1, 0.15) is 29.9 Å². The molecule has 2 atom stereocenters. The molecule has 26 heavy (non-hydrogen) atoms. The summed E-state index contributed by atoms with van der Waals surface area (Å²) >= 11 is 0. The van der Waals surface area contributed by atoms with E-state index in [1.165, 1.54) is 31.3 Å². The molecule has 1 aromatic heterocycles. The van der Waals surface area contributed by atoms with Crippen molar-refractivity contribution in [2.75, 3.05) is 13.7 Å². The summed E-state index contributed by atoms with van der Waals surface area (Å²) in [6.07, 6.45) is 1.96. The second-order valence-corrected chi connectivity index (χ2v) is 5.97. The summed E-state index contributed by atoms with van der Waals surface area (Å²) in [5.41, 5.74) is 1.40. The lowest BCUT2D eigenvalue weighted by Gasteiger charge is -2.35. The highest BCUT2D eigenvalue weighted by atomic mass is 19.1. The van der Waals surface area contributed by atoms with E-state index in [0.717, 1.165) is 17.8 Å². The molecule has 0 saturated carbocycles. The van der Waals surface area contributed by atoms with Gasteiger partial charge in [-0.25, -0.2) is 23.4 Å². The molecule has 138 valence electrons. The Kier molecular flexibility index (Phi) is 4.88. The van der Waals surface area contributed by atoms with Crippen molar-refractivity contribution >= 4 is 12.0 Å². The quantitative estimate of drug-likeness (QED) is 0.815. The Morgan fingerprint density at radius 1 is 1.42 bits per heavy atom. The number of amides is 2. The fourth-order valence-electron chi connectivity index (χ4n) is 3.04. The highest BCUT2D eigenvalue weighted by molar-refractivity contribution is 5.83. The molecule has 0 bridgehead atoms. The van der Waals surface area contributed by atoms with Crippen LogP contribution in [-0.4, -0.2) is 46.6 Å². The monoisotopic (exact) mass is 364 g/mol. The molecule has 2 amide bonds. The predicted molar refractivity (Wildman–Crippen MR) is 87.2 cm³/mol. The maximum Gasteiger partial charge on any atom is 0.328 e. The van der Waals surface area contributed by atoms with E-state index in [-0.39, 0.29) is 12.1 Å². The fourth-order valence-corrected chi connectivity index (χ4v) is 3.04. The first-order chi connectivity index (χ1) is 12.4. The summed E-state index contributed by atoms with van der Waals surface area (Å²) in [6, 6.07) is 0.923. The van der Waals surface area contributed by atoms with Gasteiger partial charge in [-0.3, -0.25) is 0 Å². The minimum absolute atomic E-state index is 0.125. The molecule has 0 saturated heterocycles. The molecule has 0 unspecified atom stereocenters. The molecule has 1 aromatic carbocycles. The highest BCUT2D eigenvalue weighted by Gasteiger charge is 2.36. The van der Waals surface area contributed by atoms with Crippen molar-refractivity contribution in [3.05, 3.63) is 53.1 Å². The Morgan fingerprint density at radius 3 is 2.88 bits per heavy atom. The number of fused-ring (bicyclic) bond motifs is 1. The van der Waals surface area contributed by atoms with Gasteiger partial charge in [0.1, 0.15) is 23.7 Å². The van der Waals surface area contributed by atoms with Crippen molar-refractivity contribution in [1.82, 2.24) is 20.2 Å². The van der Waals surface area contributed by atoms with E-state index in [0.29, 0.717) is 12.1 Å². The number of nitrogens with one attached hydrogen (secondary N) is 2. The molecule has 2 aromatic rings. The van der Waals surface area contributed by atoms with Crippen molar-refractivity contribution in [3.8, 4) is 0 Å². The molecule has 9 heteroatoms. The van der Waals surface area contributed by atoms with Crippen molar-refractivity contribution in [3.63, 3.8) is 0 Å². The maximum atomic E-state index is 14.4. The Morgan fingerprint density at radius 2 is 2.19 bits per heavy atom. The van der Waals surface area contributed by atoms with E-state index in [1.54, 1.807) is 0 Å². The molecule has 0 aliphatic carbocycles. The number of urea groups is 1. The molecule has 0 spiro atoms. The number of H-pyrrole nitrogens is 1. The third-order valence-corrected chi connectivity index (χ3v) is 4.34. The molecule has 1 aliphatic rings. The van der Waals surface area contributed by atoms with Crippen LogP contribution in [0.25, 0.3) is 0 Å². The Hall–Kier alpha value is -2.97. The van der Waals surface area contributed by atoms with Gasteiger partial charge in [0.2, 0.25) is 0 Å². The van der Waals surface area contributed by atoms with Crippen LogP contribution < -0.4 is 5.32 Å². The normalized spacial score (nSPS) is 17.4. The van der Waals surface area contributed by atoms with Crippen LogP contribution in [0, 0.1) is 11.6 Å². The summed E-state index contributed by atoms with van der Waals surface area (Å²) in [6.45, 7) is 1.76. The third-order valence-electron chi connectivity index (χ3n) is 4.34. The summed E-state index contributed by atoms with van der Waals surface area (Å²) in [7, 11) is 1.22. The molecule has 0 fully saturated rings. The Labute approximate surface area is 148 Å². The van der Waals surface area contributed by atoms with Crippen molar-refractivity contribution in [2.45, 2.75) is 25.4 Å². The van der Waals surface area contributed by atoms with E-state index >= 15 is 0 Å². The van der Waals surface area contributed by atoms with Gasteiger partial charge in [-0.05, 0) is 13.0 Å². The third kappa shape index (κ3) is 3.24. The predicted octanol–water partition coefficient (Wildman–Crippen LogP) is 1.91. The molecule has 2 N–H and O–H groups in total. The Bertz CT molecular complexity index is 839. The van der Waals surface area contributed by atoms with Crippen LogP contribution in [0.4, 0.5) is 13.6 Å². The van der Waals surface area contributed by atoms with E-state index < -0.39 is 35.7 Å². The second-order valence-electron chi connectivity index (χ2n) is 5.97. The van der Waals surface area contributed by atoms with Crippen LogP contribution in [0.2, 0.25) is 0 Å². The zero-order chi connectivity index (χ0) is 18.8. The number of halogens is 2. The second kappa shape index (κ2) is 7.11. The molecule has 2 heterocycles. The topological polar surface area (TPSA) is 87.3 Å². The van der Waals surface area contributed by atoms with Crippen LogP contribution in [0.15, 0.2) is 24.5 Å². The number of esters is 1. The Balaban J connectivity index is 1.96. The number of hydrogen-bond acceptors (Lipinski definition) is 4. The number of benzene rings is 1. The number of aromatic amines is 1. The van der Waals surface area contributed by atoms with Gasteiger partial charge in [0, 0.05) is 30.3 Å². The summed E-state index contributed by atoms with van der Waals surface area (Å²) < 4.78 is 32.3. The maximum absolute atomic E-state index is 14.4. The molecule has 3 rings (SSSR count).